The summed E-state index contributed by atoms with van der Waals surface area (Å²) in [5.41, 5.74) is 0.421. The fraction of sp³-hybridized carbons (Fsp3) is 0.500. The van der Waals surface area contributed by atoms with Crippen LogP contribution in [0.4, 0.5) is 0 Å². The predicted octanol–water partition coefficient (Wildman–Crippen LogP) is 2.34. The van der Waals surface area contributed by atoms with E-state index in [-0.39, 0.29) is 10.8 Å². The van der Waals surface area contributed by atoms with Crippen molar-refractivity contribution >= 4 is 31.7 Å². The Morgan fingerprint density at radius 3 is 2.60 bits per heavy atom. The van der Waals surface area contributed by atoms with Gasteiger partial charge in [0.1, 0.15) is 0 Å². The van der Waals surface area contributed by atoms with E-state index in [2.05, 4.69) is 15.9 Å². The topological polar surface area (TPSA) is 54.5 Å². The molecule has 4 nitrogen and oxygen atoms in total. The number of nitrogens with zero attached hydrogens (tertiary/aromatic N) is 1. The van der Waals surface area contributed by atoms with Gasteiger partial charge in [-0.15, -0.1) is 0 Å². The average Bonchev–Trinajstić information content (AvgIpc) is 2.35. The first-order chi connectivity index (χ1) is 9.27. The quantitative estimate of drug-likeness (QED) is 0.775. The van der Waals surface area contributed by atoms with Gasteiger partial charge in [0.25, 0.3) is 5.91 Å². The van der Waals surface area contributed by atoms with E-state index >= 15 is 0 Å². The molecule has 0 bridgehead atoms. The monoisotopic (exact) mass is 359 g/mol. The van der Waals surface area contributed by atoms with Gasteiger partial charge in [0.05, 0.1) is 4.90 Å². The summed E-state index contributed by atoms with van der Waals surface area (Å²) in [7, 11) is -1.52. The van der Waals surface area contributed by atoms with E-state index in [0.717, 1.165) is 19.1 Å². The molecule has 0 unspecified atom stereocenters. The summed E-state index contributed by atoms with van der Waals surface area (Å²) in [6.45, 7) is 0.712. The summed E-state index contributed by atoms with van der Waals surface area (Å²) in [6.07, 6.45) is 3.31. The maximum Gasteiger partial charge on any atom is 0.253 e. The third kappa shape index (κ3) is 3.61. The molecule has 110 valence electrons. The number of halogens is 1. The van der Waals surface area contributed by atoms with Crippen LogP contribution in [0.5, 0.6) is 0 Å². The second-order valence-corrected chi connectivity index (χ2v) is 8.73. The van der Waals surface area contributed by atoms with Crippen LogP contribution < -0.4 is 0 Å². The first-order valence-corrected chi connectivity index (χ1v) is 9.27. The summed E-state index contributed by atoms with van der Waals surface area (Å²) in [6, 6.07) is 6.21. The second-order valence-electron chi connectivity index (χ2n) is 5.42. The molecule has 1 aromatic rings. The molecule has 0 radical (unpaired) electrons. The maximum absolute atomic E-state index is 12.3. The van der Waals surface area contributed by atoms with Crippen LogP contribution in [0.3, 0.4) is 0 Å². The van der Waals surface area contributed by atoms with Gasteiger partial charge in [-0.2, -0.15) is 0 Å². The van der Waals surface area contributed by atoms with E-state index in [4.69, 9.17) is 0 Å². The molecule has 0 atom stereocenters. The summed E-state index contributed by atoms with van der Waals surface area (Å²) in [5.74, 6) is 0.403. The van der Waals surface area contributed by atoms with Crippen molar-refractivity contribution in [1.82, 2.24) is 4.90 Å². The molecule has 1 saturated carbocycles. The van der Waals surface area contributed by atoms with Crippen LogP contribution in [0.15, 0.2) is 29.2 Å². The van der Waals surface area contributed by atoms with Crippen molar-refractivity contribution in [3.05, 3.63) is 29.8 Å². The molecule has 0 aromatic heterocycles. The van der Waals surface area contributed by atoms with Gasteiger partial charge in [-0.25, -0.2) is 8.42 Å². The molecule has 0 spiro atoms. The lowest BCUT2D eigenvalue weighted by molar-refractivity contribution is 0.0748. The Balaban J connectivity index is 2.08. The van der Waals surface area contributed by atoms with Crippen LogP contribution in [-0.2, 0) is 9.84 Å². The second kappa shape index (κ2) is 5.85. The molecule has 6 heteroatoms. The zero-order valence-corrected chi connectivity index (χ0v) is 13.9. The van der Waals surface area contributed by atoms with Gasteiger partial charge < -0.3 is 4.90 Å². The van der Waals surface area contributed by atoms with Crippen LogP contribution >= 0.6 is 15.9 Å². The molecule has 1 amide bonds. The van der Waals surface area contributed by atoms with Crippen molar-refractivity contribution in [3.63, 3.8) is 0 Å². The smallest absolute Gasteiger partial charge is 0.253 e. The number of sulfone groups is 1. The molecule has 0 N–H and O–H groups in total. The number of alkyl halides is 1. The molecular weight excluding hydrogens is 342 g/mol. The van der Waals surface area contributed by atoms with Crippen LogP contribution in [0.1, 0.15) is 23.2 Å². The first kappa shape index (κ1) is 15.5. The molecule has 1 aliphatic carbocycles. The molecule has 20 heavy (non-hydrogen) atoms. The number of hydrogen-bond donors (Lipinski definition) is 0. The SMILES string of the molecule is CN(CC1CC(Br)C1)C(=O)c1cccc(S(C)(=O)=O)c1. The summed E-state index contributed by atoms with van der Waals surface area (Å²) in [4.78, 5) is 14.7. The molecule has 0 saturated heterocycles. The number of benzene rings is 1. The van der Waals surface area contributed by atoms with E-state index in [1.54, 1.807) is 24.1 Å². The minimum Gasteiger partial charge on any atom is -0.341 e. The lowest BCUT2D eigenvalue weighted by Crippen LogP contribution is -2.37. The molecule has 1 fully saturated rings. The van der Waals surface area contributed by atoms with Crippen LogP contribution in [0.2, 0.25) is 0 Å². The Kier molecular flexibility index (Phi) is 4.54. The number of amides is 1. The molecule has 0 aliphatic heterocycles. The Hall–Kier alpha value is -0.880. The standard InChI is InChI=1S/C14H18BrNO3S/c1-16(9-10-6-12(15)7-10)14(17)11-4-3-5-13(8-11)20(2,18)19/h3-5,8,10,12H,6-7,9H2,1-2H3. The highest BCUT2D eigenvalue weighted by Gasteiger charge is 2.29. The number of carbonyl (C=O) groups is 1. The van der Waals surface area contributed by atoms with Gasteiger partial charge >= 0.3 is 0 Å². The normalized spacial score (nSPS) is 22.1. The maximum atomic E-state index is 12.3. The van der Waals surface area contributed by atoms with Gasteiger partial charge in [0.15, 0.2) is 9.84 Å². The van der Waals surface area contributed by atoms with E-state index in [1.165, 1.54) is 12.1 Å². The average molecular weight is 360 g/mol. The van der Waals surface area contributed by atoms with Crippen LogP contribution in [0.25, 0.3) is 0 Å². The summed E-state index contributed by atoms with van der Waals surface area (Å²) < 4.78 is 23.0. The van der Waals surface area contributed by atoms with Gasteiger partial charge in [0, 0.05) is 30.2 Å². The lowest BCUT2D eigenvalue weighted by Gasteiger charge is -2.34. The van der Waals surface area contributed by atoms with Gasteiger partial charge in [-0.05, 0) is 37.0 Å². The van der Waals surface area contributed by atoms with Gasteiger partial charge in [-0.1, -0.05) is 22.0 Å². The zero-order chi connectivity index (χ0) is 14.9. The summed E-state index contributed by atoms with van der Waals surface area (Å²) >= 11 is 3.53. The van der Waals surface area contributed by atoms with Gasteiger partial charge in [-0.3, -0.25) is 4.79 Å². The van der Waals surface area contributed by atoms with E-state index < -0.39 is 9.84 Å². The highest BCUT2D eigenvalue weighted by molar-refractivity contribution is 9.09. The van der Waals surface area contributed by atoms with E-state index in [1.807, 2.05) is 0 Å². The Labute approximate surface area is 128 Å². The molecule has 1 aromatic carbocycles. The predicted molar refractivity (Wildman–Crippen MR) is 82.0 cm³/mol. The summed E-state index contributed by atoms with van der Waals surface area (Å²) in [5, 5.41) is 0. The van der Waals surface area contributed by atoms with E-state index in [9.17, 15) is 13.2 Å². The van der Waals surface area contributed by atoms with Crippen molar-refractivity contribution in [2.75, 3.05) is 19.8 Å². The number of rotatable bonds is 4. The van der Waals surface area contributed by atoms with Gasteiger partial charge in [0.2, 0.25) is 0 Å². The molecule has 1 aliphatic rings. The molecular formula is C14H18BrNO3S. The highest BCUT2D eigenvalue weighted by Crippen LogP contribution is 2.33. The fourth-order valence-electron chi connectivity index (χ4n) is 2.35. The van der Waals surface area contributed by atoms with Crippen molar-refractivity contribution in [2.45, 2.75) is 22.6 Å². The van der Waals surface area contributed by atoms with Crippen molar-refractivity contribution in [1.29, 1.82) is 0 Å². The number of carbonyl (C=O) groups excluding carboxylic acids is 1. The minimum absolute atomic E-state index is 0.131. The van der Waals surface area contributed by atoms with Crippen molar-refractivity contribution in [2.24, 2.45) is 5.92 Å². The van der Waals surface area contributed by atoms with Crippen LogP contribution in [0, 0.1) is 5.92 Å². The molecule has 0 heterocycles. The Bertz CT molecular complexity index is 609. The highest BCUT2D eigenvalue weighted by atomic mass is 79.9. The largest absolute Gasteiger partial charge is 0.341 e. The minimum atomic E-state index is -3.29. The molecule has 2 rings (SSSR count). The number of hydrogen-bond acceptors (Lipinski definition) is 3. The Morgan fingerprint density at radius 2 is 2.05 bits per heavy atom. The third-order valence-electron chi connectivity index (χ3n) is 3.57. The van der Waals surface area contributed by atoms with Crippen molar-refractivity contribution in [3.8, 4) is 0 Å². The lowest BCUT2D eigenvalue weighted by atomic mass is 9.85. The van der Waals surface area contributed by atoms with E-state index in [0.29, 0.717) is 22.9 Å². The third-order valence-corrected chi connectivity index (χ3v) is 5.42. The zero-order valence-electron chi connectivity index (χ0n) is 11.5. The Morgan fingerprint density at radius 1 is 1.40 bits per heavy atom. The van der Waals surface area contributed by atoms with Crippen LogP contribution in [-0.4, -0.2) is 43.9 Å². The fourth-order valence-corrected chi connectivity index (χ4v) is 4.08. The van der Waals surface area contributed by atoms with Crippen molar-refractivity contribution < 1.29 is 13.2 Å². The first-order valence-electron chi connectivity index (χ1n) is 6.47.